The summed E-state index contributed by atoms with van der Waals surface area (Å²) < 4.78 is 28.3. The molecule has 1 heterocycles. The lowest BCUT2D eigenvalue weighted by Crippen LogP contribution is -2.38. The van der Waals surface area contributed by atoms with Crippen LogP contribution in [0.1, 0.15) is 13.8 Å². The Bertz CT molecular complexity index is 1120. The Balaban J connectivity index is 1.79. The number of carbonyl (C=O) groups excluding carboxylic acids is 1. The zero-order chi connectivity index (χ0) is 22.4. The normalized spacial score (nSPS) is 11.5. The summed E-state index contributed by atoms with van der Waals surface area (Å²) in [7, 11) is -3.99. The van der Waals surface area contributed by atoms with Crippen molar-refractivity contribution in [3.63, 3.8) is 0 Å². The van der Waals surface area contributed by atoms with Crippen LogP contribution in [0.5, 0.6) is 0 Å². The van der Waals surface area contributed by atoms with Crippen molar-refractivity contribution in [3.05, 3.63) is 59.6 Å². The second-order valence-electron chi connectivity index (χ2n) is 6.93. The summed E-state index contributed by atoms with van der Waals surface area (Å²) in [6, 6.07) is 14.3. The summed E-state index contributed by atoms with van der Waals surface area (Å²) in [6.45, 7) is 3.80. The molecule has 0 aliphatic rings. The van der Waals surface area contributed by atoms with Gasteiger partial charge in [-0.3, -0.25) is 14.4 Å². The first kappa shape index (κ1) is 23.5. The first-order chi connectivity index (χ1) is 14.8. The van der Waals surface area contributed by atoms with Crippen LogP contribution in [0.2, 0.25) is 5.02 Å². The predicted molar refractivity (Wildman–Crippen MR) is 127 cm³/mol. The maximum absolute atomic E-state index is 13.3. The molecule has 31 heavy (non-hydrogen) atoms. The van der Waals surface area contributed by atoms with Crippen molar-refractivity contribution in [3.8, 4) is 0 Å². The number of thioether (sulfide) groups is 1. The lowest BCUT2D eigenvalue weighted by molar-refractivity contribution is -0.114. The van der Waals surface area contributed by atoms with Gasteiger partial charge in [0.15, 0.2) is 4.34 Å². The van der Waals surface area contributed by atoms with Gasteiger partial charge in [0.1, 0.15) is 6.54 Å². The maximum Gasteiger partial charge on any atom is 0.264 e. The lowest BCUT2D eigenvalue weighted by Gasteiger charge is -2.23. The zero-order valence-electron chi connectivity index (χ0n) is 16.9. The Morgan fingerprint density at radius 3 is 2.45 bits per heavy atom. The molecule has 1 amide bonds. The number of halogens is 1. The number of benzene rings is 2. The molecule has 7 nitrogen and oxygen atoms in total. The van der Waals surface area contributed by atoms with Crippen LogP contribution >= 0.6 is 34.7 Å². The smallest absolute Gasteiger partial charge is 0.264 e. The summed E-state index contributed by atoms with van der Waals surface area (Å²) in [5.74, 6) is 0.881. The minimum Gasteiger partial charge on any atom is -0.299 e. The predicted octanol–water partition coefficient (Wildman–Crippen LogP) is 4.77. The molecule has 0 spiro atoms. The molecule has 0 bridgehead atoms. The van der Waals surface area contributed by atoms with E-state index < -0.39 is 22.5 Å². The van der Waals surface area contributed by atoms with Crippen molar-refractivity contribution in [2.45, 2.75) is 23.1 Å². The third-order valence-corrected chi connectivity index (χ3v) is 8.36. The van der Waals surface area contributed by atoms with Gasteiger partial charge in [0.25, 0.3) is 10.0 Å². The van der Waals surface area contributed by atoms with E-state index in [1.54, 1.807) is 42.1 Å². The number of nitrogens with one attached hydrogen (secondary N) is 1. The number of para-hydroxylation sites is 1. The standard InChI is InChI=1S/C20H21ClN4O3S3/c1-14(2)13-29-20-24-23-19(30-20)22-18(26)12-25(16-6-4-3-5-7-16)31(27,28)17-10-8-15(21)9-11-17/h3-11,14H,12-13H2,1-2H3,(H,22,23,26). The molecule has 0 unspecified atom stereocenters. The van der Waals surface area contributed by atoms with E-state index in [1.807, 2.05) is 0 Å². The number of rotatable bonds is 9. The van der Waals surface area contributed by atoms with E-state index in [4.69, 9.17) is 11.6 Å². The summed E-state index contributed by atoms with van der Waals surface area (Å²) in [5.41, 5.74) is 0.373. The molecule has 3 rings (SSSR count). The van der Waals surface area contributed by atoms with Crippen molar-refractivity contribution in [1.82, 2.24) is 10.2 Å². The number of amides is 1. The number of aromatic nitrogens is 2. The lowest BCUT2D eigenvalue weighted by atomic mass is 10.3. The van der Waals surface area contributed by atoms with Gasteiger partial charge >= 0.3 is 0 Å². The summed E-state index contributed by atoms with van der Waals surface area (Å²) >= 11 is 8.71. The van der Waals surface area contributed by atoms with Crippen LogP contribution in [0.15, 0.2) is 63.8 Å². The molecule has 1 N–H and O–H groups in total. The van der Waals surface area contributed by atoms with Crippen LogP contribution in [0.3, 0.4) is 0 Å². The molecule has 0 aliphatic carbocycles. The molecule has 0 aliphatic heterocycles. The molecule has 11 heteroatoms. The highest BCUT2D eigenvalue weighted by atomic mass is 35.5. The third kappa shape index (κ3) is 6.42. The van der Waals surface area contributed by atoms with Gasteiger partial charge in [0.2, 0.25) is 11.0 Å². The van der Waals surface area contributed by atoms with Crippen LogP contribution in [0.25, 0.3) is 0 Å². The second-order valence-corrected chi connectivity index (χ2v) is 11.5. The van der Waals surface area contributed by atoms with Gasteiger partial charge in [-0.15, -0.1) is 10.2 Å². The summed E-state index contributed by atoms with van der Waals surface area (Å²) in [6.07, 6.45) is 0. The van der Waals surface area contributed by atoms with Crippen LogP contribution in [0.4, 0.5) is 10.8 Å². The fraction of sp³-hybridized carbons (Fsp3) is 0.250. The first-order valence-electron chi connectivity index (χ1n) is 9.35. The van der Waals surface area contributed by atoms with Crippen LogP contribution < -0.4 is 9.62 Å². The van der Waals surface area contributed by atoms with E-state index in [0.29, 0.717) is 21.8 Å². The number of nitrogens with zero attached hydrogens (tertiary/aromatic N) is 3. The zero-order valence-corrected chi connectivity index (χ0v) is 20.1. The average molecular weight is 497 g/mol. The molecule has 0 saturated heterocycles. The highest BCUT2D eigenvalue weighted by molar-refractivity contribution is 8.01. The van der Waals surface area contributed by atoms with Crippen LogP contribution in [-0.2, 0) is 14.8 Å². The van der Waals surface area contributed by atoms with E-state index in [-0.39, 0.29) is 4.90 Å². The van der Waals surface area contributed by atoms with Crippen molar-refractivity contribution in [1.29, 1.82) is 0 Å². The van der Waals surface area contributed by atoms with Gasteiger partial charge in [0, 0.05) is 10.8 Å². The minimum absolute atomic E-state index is 0.0387. The monoisotopic (exact) mass is 496 g/mol. The number of hydrogen-bond donors (Lipinski definition) is 1. The number of sulfonamides is 1. The molecular formula is C20H21ClN4O3S3. The number of hydrogen-bond acceptors (Lipinski definition) is 7. The number of carbonyl (C=O) groups is 1. The Morgan fingerprint density at radius 2 is 1.81 bits per heavy atom. The molecule has 0 atom stereocenters. The Morgan fingerprint density at radius 1 is 1.13 bits per heavy atom. The van der Waals surface area contributed by atoms with E-state index in [2.05, 4.69) is 29.4 Å². The molecular weight excluding hydrogens is 476 g/mol. The Kier molecular flexibility index (Phi) is 7.93. The van der Waals surface area contributed by atoms with Crippen molar-refractivity contribution in [2.24, 2.45) is 5.92 Å². The fourth-order valence-corrected chi connectivity index (χ4v) is 5.78. The van der Waals surface area contributed by atoms with Crippen LogP contribution in [0, 0.1) is 5.92 Å². The van der Waals surface area contributed by atoms with Gasteiger partial charge in [-0.25, -0.2) is 8.42 Å². The van der Waals surface area contributed by atoms with Crippen LogP contribution in [-0.4, -0.2) is 36.8 Å². The SMILES string of the molecule is CC(C)CSc1nnc(NC(=O)CN(c2ccccc2)S(=O)(=O)c2ccc(Cl)cc2)s1. The van der Waals surface area contributed by atoms with Gasteiger partial charge in [0.05, 0.1) is 10.6 Å². The van der Waals surface area contributed by atoms with Gasteiger partial charge in [-0.2, -0.15) is 0 Å². The van der Waals surface area contributed by atoms with Crippen molar-refractivity contribution < 1.29 is 13.2 Å². The van der Waals surface area contributed by atoms with E-state index in [0.717, 1.165) is 14.4 Å². The summed E-state index contributed by atoms with van der Waals surface area (Å²) in [5, 5.41) is 11.4. The maximum atomic E-state index is 13.3. The van der Waals surface area contributed by atoms with E-state index in [9.17, 15) is 13.2 Å². The Hall–Kier alpha value is -2.14. The Labute approximate surface area is 194 Å². The third-order valence-electron chi connectivity index (χ3n) is 3.93. The van der Waals surface area contributed by atoms with Crippen molar-refractivity contribution in [2.75, 3.05) is 21.9 Å². The quantitative estimate of drug-likeness (QED) is 0.338. The second kappa shape index (κ2) is 10.4. The minimum atomic E-state index is -3.99. The molecule has 3 aromatic rings. The number of anilines is 2. The first-order valence-corrected chi connectivity index (χ1v) is 13.0. The highest BCUT2D eigenvalue weighted by Gasteiger charge is 2.27. The van der Waals surface area contributed by atoms with E-state index in [1.165, 1.54) is 35.6 Å². The fourth-order valence-electron chi connectivity index (χ4n) is 2.49. The molecule has 2 aromatic carbocycles. The molecule has 1 aromatic heterocycles. The van der Waals surface area contributed by atoms with Gasteiger partial charge < -0.3 is 0 Å². The van der Waals surface area contributed by atoms with E-state index >= 15 is 0 Å². The molecule has 164 valence electrons. The highest BCUT2D eigenvalue weighted by Crippen LogP contribution is 2.28. The van der Waals surface area contributed by atoms with Crippen molar-refractivity contribution >= 4 is 61.4 Å². The average Bonchev–Trinajstić information content (AvgIpc) is 3.18. The van der Waals surface area contributed by atoms with Gasteiger partial charge in [-0.1, -0.05) is 66.7 Å². The summed E-state index contributed by atoms with van der Waals surface area (Å²) in [4.78, 5) is 12.7. The largest absolute Gasteiger partial charge is 0.299 e. The molecule has 0 radical (unpaired) electrons. The molecule has 0 fully saturated rings. The van der Waals surface area contributed by atoms with Gasteiger partial charge in [-0.05, 0) is 42.3 Å². The topological polar surface area (TPSA) is 92.3 Å². The molecule has 0 saturated carbocycles.